The fraction of sp³-hybridized carbons (Fsp3) is 0.857. The van der Waals surface area contributed by atoms with E-state index in [0.29, 0.717) is 19.3 Å². The van der Waals surface area contributed by atoms with E-state index in [-0.39, 0.29) is 24.5 Å². The van der Waals surface area contributed by atoms with Crippen LogP contribution in [0.1, 0.15) is 51.4 Å². The van der Waals surface area contributed by atoms with E-state index >= 15 is 0 Å². The molecule has 0 rings (SSSR count). The van der Waals surface area contributed by atoms with Crippen LogP contribution in [0.2, 0.25) is 0 Å². The molecule has 0 bridgehead atoms. The maximum Gasteiger partial charge on any atom is 0.308 e. The fourth-order valence-corrected chi connectivity index (χ4v) is 2.00. The molecule has 0 amide bonds. The lowest BCUT2D eigenvalue weighted by atomic mass is 9.96. The van der Waals surface area contributed by atoms with Crippen molar-refractivity contribution in [1.82, 2.24) is 0 Å². The van der Waals surface area contributed by atoms with Crippen LogP contribution in [0.5, 0.6) is 0 Å². The van der Waals surface area contributed by atoms with Crippen LogP contribution in [0.25, 0.3) is 0 Å². The van der Waals surface area contributed by atoms with E-state index in [0.717, 1.165) is 32.1 Å². The fourth-order valence-electron chi connectivity index (χ4n) is 2.00. The van der Waals surface area contributed by atoms with E-state index in [2.05, 4.69) is 4.74 Å². The maximum absolute atomic E-state index is 11.5. The second kappa shape index (κ2) is 12.0. The van der Waals surface area contributed by atoms with Crippen molar-refractivity contribution in [3.05, 3.63) is 0 Å². The maximum atomic E-state index is 11.5. The van der Waals surface area contributed by atoms with Gasteiger partial charge in [0, 0.05) is 13.0 Å². The van der Waals surface area contributed by atoms with E-state index in [1.165, 1.54) is 14.2 Å². The number of methoxy groups -OCH3 is 2. The first kappa shape index (κ1) is 17.9. The topological polar surface area (TPSA) is 72.8 Å². The molecule has 5 heteroatoms. The van der Waals surface area contributed by atoms with Crippen LogP contribution in [0.3, 0.4) is 0 Å². The van der Waals surface area contributed by atoms with Crippen LogP contribution in [-0.4, -0.2) is 37.9 Å². The van der Waals surface area contributed by atoms with Gasteiger partial charge in [0.15, 0.2) is 0 Å². The highest BCUT2D eigenvalue weighted by Crippen LogP contribution is 2.18. The summed E-state index contributed by atoms with van der Waals surface area (Å²) in [5.41, 5.74) is 0. The number of aliphatic hydroxyl groups is 1. The third-order valence-electron chi connectivity index (χ3n) is 3.16. The summed E-state index contributed by atoms with van der Waals surface area (Å²) in [7, 11) is 2.79. The summed E-state index contributed by atoms with van der Waals surface area (Å²) >= 11 is 0. The van der Waals surface area contributed by atoms with Gasteiger partial charge in [0.05, 0.1) is 20.1 Å². The molecule has 19 heavy (non-hydrogen) atoms. The Balaban J connectivity index is 3.68. The van der Waals surface area contributed by atoms with Gasteiger partial charge in [0.1, 0.15) is 0 Å². The van der Waals surface area contributed by atoms with Gasteiger partial charge in [-0.25, -0.2) is 0 Å². The Morgan fingerprint density at radius 2 is 1.58 bits per heavy atom. The lowest BCUT2D eigenvalue weighted by Gasteiger charge is -2.13. The summed E-state index contributed by atoms with van der Waals surface area (Å²) in [5.74, 6) is -0.476. The zero-order chi connectivity index (χ0) is 14.5. The van der Waals surface area contributed by atoms with Crippen LogP contribution >= 0.6 is 0 Å². The summed E-state index contributed by atoms with van der Waals surface area (Å²) in [5, 5.41) is 8.79. The van der Waals surface area contributed by atoms with Gasteiger partial charge >= 0.3 is 11.9 Å². The molecule has 0 aromatic rings. The molecule has 0 aliphatic heterocycles. The van der Waals surface area contributed by atoms with Crippen LogP contribution < -0.4 is 0 Å². The predicted octanol–water partition coefficient (Wildman–Crippen LogP) is 2.06. The molecule has 0 aromatic carbocycles. The first-order valence-electron chi connectivity index (χ1n) is 6.91. The van der Waals surface area contributed by atoms with Crippen molar-refractivity contribution in [2.45, 2.75) is 51.4 Å². The number of carbonyl (C=O) groups excluding carboxylic acids is 2. The SMILES string of the molecule is COC(=O)CCCCCCC(CCCO)C(=O)OC. The van der Waals surface area contributed by atoms with Crippen molar-refractivity contribution < 1.29 is 24.2 Å². The molecule has 0 aliphatic rings. The molecule has 0 heterocycles. The van der Waals surface area contributed by atoms with E-state index in [1.807, 2.05) is 0 Å². The Labute approximate surface area is 115 Å². The van der Waals surface area contributed by atoms with Crippen molar-refractivity contribution >= 4 is 11.9 Å². The van der Waals surface area contributed by atoms with Gasteiger partial charge in [-0.3, -0.25) is 9.59 Å². The summed E-state index contributed by atoms with van der Waals surface area (Å²) in [4.78, 5) is 22.4. The Bertz CT molecular complexity index is 252. The van der Waals surface area contributed by atoms with Gasteiger partial charge in [-0.05, 0) is 25.7 Å². The minimum absolute atomic E-state index is 0.104. The highest BCUT2D eigenvalue weighted by Gasteiger charge is 2.17. The van der Waals surface area contributed by atoms with Crippen molar-refractivity contribution in [3.8, 4) is 0 Å². The Hall–Kier alpha value is -1.10. The zero-order valence-corrected chi connectivity index (χ0v) is 12.0. The van der Waals surface area contributed by atoms with Crippen LogP contribution in [0.4, 0.5) is 0 Å². The molecule has 5 nitrogen and oxygen atoms in total. The first-order chi connectivity index (χ1) is 9.15. The average Bonchev–Trinajstić information content (AvgIpc) is 2.44. The Morgan fingerprint density at radius 3 is 2.16 bits per heavy atom. The number of unbranched alkanes of at least 4 members (excludes halogenated alkanes) is 3. The lowest BCUT2D eigenvalue weighted by Crippen LogP contribution is -2.16. The van der Waals surface area contributed by atoms with Gasteiger partial charge in [-0.1, -0.05) is 19.3 Å². The van der Waals surface area contributed by atoms with Gasteiger partial charge in [-0.2, -0.15) is 0 Å². The van der Waals surface area contributed by atoms with E-state index in [9.17, 15) is 9.59 Å². The molecule has 0 fully saturated rings. The number of esters is 2. The van der Waals surface area contributed by atoms with Crippen molar-refractivity contribution in [3.63, 3.8) is 0 Å². The van der Waals surface area contributed by atoms with Gasteiger partial charge < -0.3 is 14.6 Å². The molecule has 0 radical (unpaired) electrons. The third kappa shape index (κ3) is 9.47. The summed E-state index contributed by atoms with van der Waals surface area (Å²) < 4.78 is 9.31. The zero-order valence-electron chi connectivity index (χ0n) is 12.0. The standard InChI is InChI=1S/C14H26O5/c1-18-13(16)10-6-4-3-5-8-12(9-7-11-15)14(17)19-2/h12,15H,3-11H2,1-2H3. The number of hydrogen-bond donors (Lipinski definition) is 1. The summed E-state index contributed by atoms with van der Waals surface area (Å²) in [6, 6.07) is 0. The van der Waals surface area contributed by atoms with Crippen LogP contribution in [-0.2, 0) is 19.1 Å². The molecule has 1 N–H and O–H groups in total. The second-order valence-corrected chi connectivity index (χ2v) is 4.61. The number of carbonyl (C=O) groups is 2. The van der Waals surface area contributed by atoms with Gasteiger partial charge in [-0.15, -0.1) is 0 Å². The van der Waals surface area contributed by atoms with E-state index in [1.54, 1.807) is 0 Å². The van der Waals surface area contributed by atoms with Crippen molar-refractivity contribution in [2.24, 2.45) is 5.92 Å². The number of aliphatic hydroxyl groups excluding tert-OH is 1. The molecular weight excluding hydrogens is 248 g/mol. The summed E-state index contributed by atoms with van der Waals surface area (Å²) in [6.45, 7) is 0.104. The number of hydrogen-bond acceptors (Lipinski definition) is 5. The monoisotopic (exact) mass is 274 g/mol. The van der Waals surface area contributed by atoms with Crippen molar-refractivity contribution in [2.75, 3.05) is 20.8 Å². The molecule has 1 atom stereocenters. The second-order valence-electron chi connectivity index (χ2n) is 4.61. The van der Waals surface area contributed by atoms with E-state index in [4.69, 9.17) is 9.84 Å². The minimum atomic E-state index is -0.192. The molecule has 0 saturated carbocycles. The lowest BCUT2D eigenvalue weighted by molar-refractivity contribution is -0.146. The number of rotatable bonds is 11. The van der Waals surface area contributed by atoms with Gasteiger partial charge in [0.2, 0.25) is 0 Å². The van der Waals surface area contributed by atoms with Gasteiger partial charge in [0.25, 0.3) is 0 Å². The van der Waals surface area contributed by atoms with Crippen LogP contribution in [0.15, 0.2) is 0 Å². The normalized spacial score (nSPS) is 11.9. The molecule has 0 spiro atoms. The largest absolute Gasteiger partial charge is 0.469 e. The molecule has 0 saturated heterocycles. The predicted molar refractivity (Wildman–Crippen MR) is 71.5 cm³/mol. The highest BCUT2D eigenvalue weighted by atomic mass is 16.5. The number of ether oxygens (including phenoxy) is 2. The quantitative estimate of drug-likeness (QED) is 0.461. The van der Waals surface area contributed by atoms with E-state index < -0.39 is 0 Å². The summed E-state index contributed by atoms with van der Waals surface area (Å²) in [6.07, 6.45) is 6.25. The molecule has 112 valence electrons. The minimum Gasteiger partial charge on any atom is -0.469 e. The smallest absolute Gasteiger partial charge is 0.308 e. The molecule has 0 aromatic heterocycles. The van der Waals surface area contributed by atoms with Crippen LogP contribution in [0, 0.1) is 5.92 Å². The van der Waals surface area contributed by atoms with Crippen molar-refractivity contribution in [1.29, 1.82) is 0 Å². The Morgan fingerprint density at radius 1 is 0.947 bits per heavy atom. The average molecular weight is 274 g/mol. The molecule has 1 unspecified atom stereocenters. The highest BCUT2D eigenvalue weighted by molar-refractivity contribution is 5.72. The Kier molecular flexibility index (Phi) is 11.3. The first-order valence-corrected chi connectivity index (χ1v) is 6.91. The molecule has 0 aliphatic carbocycles. The molecular formula is C14H26O5. The third-order valence-corrected chi connectivity index (χ3v) is 3.16.